The summed E-state index contributed by atoms with van der Waals surface area (Å²) in [7, 11) is 3.01. The number of aliphatic hydroxyl groups is 1. The number of anilines is 1. The fourth-order valence-corrected chi connectivity index (χ4v) is 1.23. The van der Waals surface area contributed by atoms with Crippen LogP contribution in [0.1, 0.15) is 0 Å². The molecule has 0 bridgehead atoms. The highest BCUT2D eigenvalue weighted by Crippen LogP contribution is 2.20. The van der Waals surface area contributed by atoms with Gasteiger partial charge in [0, 0.05) is 7.11 Å². The summed E-state index contributed by atoms with van der Waals surface area (Å²) in [6.07, 6.45) is 1.43. The zero-order valence-electron chi connectivity index (χ0n) is 9.11. The second-order valence-electron chi connectivity index (χ2n) is 3.03. The van der Waals surface area contributed by atoms with E-state index in [1.807, 2.05) is 0 Å². The molecule has 1 aromatic rings. The smallest absolute Gasteiger partial charge is 0.318 e. The fraction of sp³-hybridized carbons (Fsp3) is 0.556. The number of ether oxygens (including phenoxy) is 2. The largest absolute Gasteiger partial charge is 0.467 e. The first-order chi connectivity index (χ1) is 7.71. The van der Waals surface area contributed by atoms with Gasteiger partial charge in [0.05, 0.1) is 32.6 Å². The lowest BCUT2D eigenvalue weighted by atomic mass is 10.3. The molecule has 1 unspecified atom stereocenters. The Morgan fingerprint density at radius 3 is 2.88 bits per heavy atom. The molecule has 0 amide bonds. The summed E-state index contributed by atoms with van der Waals surface area (Å²) in [5.74, 6) is 0.407. The van der Waals surface area contributed by atoms with Crippen LogP contribution in [0, 0.1) is 0 Å². The highest BCUT2D eigenvalue weighted by molar-refractivity contribution is 6.32. The number of halogens is 1. The van der Waals surface area contributed by atoms with E-state index in [0.717, 1.165) is 0 Å². The van der Waals surface area contributed by atoms with E-state index in [1.165, 1.54) is 13.3 Å². The number of hydrogen-bond acceptors (Lipinski definition) is 6. The number of rotatable bonds is 6. The van der Waals surface area contributed by atoms with Crippen LogP contribution in [0.25, 0.3) is 0 Å². The molecule has 1 heterocycles. The Labute approximate surface area is 98.6 Å². The number of nitrogens with zero attached hydrogens (tertiary/aromatic N) is 2. The van der Waals surface area contributed by atoms with Crippen LogP contribution < -0.4 is 10.1 Å². The molecular weight excluding hydrogens is 234 g/mol. The molecule has 0 aromatic carbocycles. The van der Waals surface area contributed by atoms with Gasteiger partial charge < -0.3 is 19.9 Å². The molecule has 0 radical (unpaired) electrons. The summed E-state index contributed by atoms with van der Waals surface area (Å²) in [6, 6.07) is -0.0666. The summed E-state index contributed by atoms with van der Waals surface area (Å²) in [5.41, 5.74) is 0. The van der Waals surface area contributed by atoms with Gasteiger partial charge in [-0.1, -0.05) is 11.6 Å². The van der Waals surface area contributed by atoms with E-state index in [-0.39, 0.29) is 18.7 Å². The van der Waals surface area contributed by atoms with E-state index in [4.69, 9.17) is 26.2 Å². The van der Waals surface area contributed by atoms with Crippen LogP contribution >= 0.6 is 11.6 Å². The topological polar surface area (TPSA) is 76.5 Å². The molecule has 16 heavy (non-hydrogen) atoms. The third-order valence-corrected chi connectivity index (χ3v) is 2.11. The normalized spacial score (nSPS) is 12.2. The van der Waals surface area contributed by atoms with Crippen LogP contribution in [-0.2, 0) is 4.74 Å². The first-order valence-corrected chi connectivity index (χ1v) is 5.02. The van der Waals surface area contributed by atoms with Crippen molar-refractivity contribution < 1.29 is 14.6 Å². The van der Waals surface area contributed by atoms with E-state index in [9.17, 15) is 0 Å². The zero-order chi connectivity index (χ0) is 12.0. The van der Waals surface area contributed by atoms with E-state index < -0.39 is 0 Å². The van der Waals surface area contributed by atoms with Crippen LogP contribution in [0.4, 0.5) is 5.82 Å². The third-order valence-electron chi connectivity index (χ3n) is 1.83. The standard InChI is InChI=1S/C9H14ClN3O3/c1-15-5-6(4-14)12-8-7(10)3-11-9(13-8)16-2/h3,6,14H,4-5H2,1-2H3,(H,11,12,13). The highest BCUT2D eigenvalue weighted by Gasteiger charge is 2.11. The SMILES string of the molecule is COCC(CO)Nc1nc(OC)ncc1Cl. The van der Waals surface area contributed by atoms with Gasteiger partial charge in [-0.3, -0.25) is 0 Å². The summed E-state index contributed by atoms with van der Waals surface area (Å²) in [6.45, 7) is 0.260. The number of methoxy groups -OCH3 is 2. The van der Waals surface area contributed by atoms with Gasteiger partial charge in [-0.15, -0.1) is 0 Å². The van der Waals surface area contributed by atoms with Gasteiger partial charge in [-0.2, -0.15) is 4.98 Å². The van der Waals surface area contributed by atoms with E-state index in [1.54, 1.807) is 7.11 Å². The van der Waals surface area contributed by atoms with Gasteiger partial charge in [0.25, 0.3) is 0 Å². The molecule has 1 aromatic heterocycles. The second kappa shape index (κ2) is 6.47. The van der Waals surface area contributed by atoms with E-state index in [2.05, 4.69) is 15.3 Å². The quantitative estimate of drug-likeness (QED) is 0.765. The van der Waals surface area contributed by atoms with Gasteiger partial charge in [0.15, 0.2) is 5.82 Å². The molecule has 0 aliphatic rings. The molecule has 0 saturated carbocycles. The highest BCUT2D eigenvalue weighted by atomic mass is 35.5. The first kappa shape index (κ1) is 13.0. The van der Waals surface area contributed by atoms with Crippen molar-refractivity contribution >= 4 is 17.4 Å². The maximum absolute atomic E-state index is 9.08. The number of aliphatic hydroxyl groups excluding tert-OH is 1. The molecule has 1 atom stereocenters. The Hall–Kier alpha value is -1.11. The molecule has 0 aliphatic heterocycles. The van der Waals surface area contributed by atoms with Crippen molar-refractivity contribution in [3.8, 4) is 6.01 Å². The van der Waals surface area contributed by atoms with Crippen LogP contribution in [0.15, 0.2) is 6.20 Å². The van der Waals surface area contributed by atoms with Crippen molar-refractivity contribution in [3.63, 3.8) is 0 Å². The average molecular weight is 248 g/mol. The van der Waals surface area contributed by atoms with Gasteiger partial charge in [0.1, 0.15) is 5.02 Å². The molecule has 0 spiro atoms. The number of nitrogens with one attached hydrogen (secondary N) is 1. The van der Waals surface area contributed by atoms with Crippen molar-refractivity contribution in [2.75, 3.05) is 32.8 Å². The van der Waals surface area contributed by atoms with E-state index in [0.29, 0.717) is 17.4 Å². The molecule has 7 heteroatoms. The van der Waals surface area contributed by atoms with Crippen molar-refractivity contribution in [2.24, 2.45) is 0 Å². The Kier molecular flexibility index (Phi) is 5.24. The monoisotopic (exact) mass is 247 g/mol. The van der Waals surface area contributed by atoms with E-state index >= 15 is 0 Å². The minimum absolute atomic E-state index is 0.0868. The Bertz CT molecular complexity index is 338. The van der Waals surface area contributed by atoms with Gasteiger partial charge in [-0.05, 0) is 0 Å². The maximum Gasteiger partial charge on any atom is 0.318 e. The van der Waals surface area contributed by atoms with Gasteiger partial charge >= 0.3 is 6.01 Å². The summed E-state index contributed by atoms with van der Waals surface area (Å²) in [5, 5.41) is 12.4. The fourth-order valence-electron chi connectivity index (χ4n) is 1.09. The van der Waals surface area contributed by atoms with Crippen molar-refractivity contribution in [2.45, 2.75) is 6.04 Å². The third kappa shape index (κ3) is 3.48. The van der Waals surface area contributed by atoms with Gasteiger partial charge in [-0.25, -0.2) is 4.98 Å². The minimum atomic E-state index is -0.276. The molecule has 1 rings (SSSR count). The summed E-state index contributed by atoms with van der Waals surface area (Å²) in [4.78, 5) is 7.86. The Balaban J connectivity index is 2.77. The van der Waals surface area contributed by atoms with Crippen LogP contribution in [0.5, 0.6) is 6.01 Å². The summed E-state index contributed by atoms with van der Waals surface area (Å²) >= 11 is 5.89. The Morgan fingerprint density at radius 2 is 2.31 bits per heavy atom. The first-order valence-electron chi connectivity index (χ1n) is 4.64. The lowest BCUT2D eigenvalue weighted by molar-refractivity contribution is 0.153. The molecule has 0 aliphatic carbocycles. The van der Waals surface area contributed by atoms with Crippen molar-refractivity contribution in [3.05, 3.63) is 11.2 Å². The average Bonchev–Trinajstić information content (AvgIpc) is 2.31. The molecule has 0 saturated heterocycles. The second-order valence-corrected chi connectivity index (χ2v) is 3.44. The van der Waals surface area contributed by atoms with Crippen LogP contribution in [-0.4, -0.2) is 48.5 Å². The lowest BCUT2D eigenvalue weighted by Gasteiger charge is -2.16. The number of hydrogen-bond donors (Lipinski definition) is 2. The Morgan fingerprint density at radius 1 is 1.56 bits per heavy atom. The molecule has 2 N–H and O–H groups in total. The van der Waals surface area contributed by atoms with Crippen LogP contribution in [0.2, 0.25) is 5.02 Å². The minimum Gasteiger partial charge on any atom is -0.467 e. The molecule has 0 fully saturated rings. The van der Waals surface area contributed by atoms with Crippen molar-refractivity contribution in [1.82, 2.24) is 9.97 Å². The lowest BCUT2D eigenvalue weighted by Crippen LogP contribution is -2.29. The molecule has 90 valence electrons. The summed E-state index contributed by atoms with van der Waals surface area (Å²) < 4.78 is 9.79. The van der Waals surface area contributed by atoms with Gasteiger partial charge in [0.2, 0.25) is 0 Å². The maximum atomic E-state index is 9.08. The zero-order valence-corrected chi connectivity index (χ0v) is 9.86. The molecule has 6 nitrogen and oxygen atoms in total. The predicted molar refractivity (Wildman–Crippen MR) is 60.0 cm³/mol. The number of aromatic nitrogens is 2. The van der Waals surface area contributed by atoms with Crippen LogP contribution in [0.3, 0.4) is 0 Å². The molecular formula is C9H14ClN3O3. The van der Waals surface area contributed by atoms with Crippen molar-refractivity contribution in [1.29, 1.82) is 0 Å². The predicted octanol–water partition coefficient (Wildman–Crippen LogP) is 0.558.